The van der Waals surface area contributed by atoms with Crippen molar-refractivity contribution in [3.63, 3.8) is 0 Å². The van der Waals surface area contributed by atoms with E-state index in [2.05, 4.69) is 47.1 Å². The van der Waals surface area contributed by atoms with E-state index >= 15 is 0 Å². The average molecular weight is 309 g/mol. The van der Waals surface area contributed by atoms with Gasteiger partial charge in [-0.2, -0.15) is 0 Å². The first-order chi connectivity index (χ1) is 11.2. The van der Waals surface area contributed by atoms with Gasteiger partial charge in [0, 0.05) is 50.2 Å². The lowest BCUT2D eigenvalue weighted by Crippen LogP contribution is -2.54. The Morgan fingerprint density at radius 3 is 2.57 bits per heavy atom. The molecule has 0 bridgehead atoms. The van der Waals surface area contributed by atoms with Gasteiger partial charge in [-0.1, -0.05) is 30.3 Å². The first-order valence-corrected chi connectivity index (χ1v) is 8.21. The maximum absolute atomic E-state index is 12.5. The maximum Gasteiger partial charge on any atom is 0.254 e. The van der Waals surface area contributed by atoms with Crippen molar-refractivity contribution >= 4 is 5.91 Å². The molecule has 1 saturated heterocycles. The van der Waals surface area contributed by atoms with E-state index in [9.17, 15) is 4.79 Å². The van der Waals surface area contributed by atoms with Gasteiger partial charge in [-0.3, -0.25) is 14.7 Å². The first-order valence-electron chi connectivity index (χ1n) is 8.21. The van der Waals surface area contributed by atoms with E-state index in [0.717, 1.165) is 38.2 Å². The van der Waals surface area contributed by atoms with Crippen LogP contribution in [0.25, 0.3) is 0 Å². The molecule has 0 radical (unpaired) electrons. The van der Waals surface area contributed by atoms with Gasteiger partial charge >= 0.3 is 0 Å². The summed E-state index contributed by atoms with van der Waals surface area (Å²) in [7, 11) is 0. The van der Waals surface area contributed by atoms with Gasteiger partial charge in [0.1, 0.15) is 0 Å². The molecule has 1 aromatic carbocycles. The third kappa shape index (κ3) is 3.96. The fourth-order valence-corrected chi connectivity index (χ4v) is 3.11. The van der Waals surface area contributed by atoms with Gasteiger partial charge < -0.3 is 4.90 Å². The van der Waals surface area contributed by atoms with Crippen LogP contribution in [0.3, 0.4) is 0 Å². The minimum Gasteiger partial charge on any atom is -0.336 e. The molecular formula is C19H23N3O. The molecule has 0 saturated carbocycles. The zero-order valence-corrected chi connectivity index (χ0v) is 13.6. The molecule has 0 N–H and O–H groups in total. The number of hydrogen-bond acceptors (Lipinski definition) is 3. The SMILES string of the molecule is CC1CN(C(=O)c2ccncc2)CCN1CCc1ccccc1. The van der Waals surface area contributed by atoms with Crippen LogP contribution in [0.1, 0.15) is 22.8 Å². The lowest BCUT2D eigenvalue weighted by molar-refractivity contribution is 0.0518. The van der Waals surface area contributed by atoms with Gasteiger partial charge in [0.2, 0.25) is 0 Å². The topological polar surface area (TPSA) is 36.4 Å². The lowest BCUT2D eigenvalue weighted by atomic mass is 10.1. The second kappa shape index (κ2) is 7.38. The number of aromatic nitrogens is 1. The number of piperazine rings is 1. The number of carbonyl (C=O) groups excluding carboxylic acids is 1. The molecule has 1 aromatic heterocycles. The predicted octanol–water partition coefficient (Wildman–Crippen LogP) is 2.47. The molecular weight excluding hydrogens is 286 g/mol. The van der Waals surface area contributed by atoms with Crippen LogP contribution in [0.15, 0.2) is 54.9 Å². The summed E-state index contributed by atoms with van der Waals surface area (Å²) in [4.78, 5) is 20.9. The van der Waals surface area contributed by atoms with Crippen molar-refractivity contribution in [2.45, 2.75) is 19.4 Å². The Kier molecular flexibility index (Phi) is 5.03. The summed E-state index contributed by atoms with van der Waals surface area (Å²) in [6.45, 7) is 5.76. The van der Waals surface area contributed by atoms with E-state index in [1.54, 1.807) is 24.5 Å². The molecule has 1 amide bonds. The molecule has 1 atom stereocenters. The van der Waals surface area contributed by atoms with Crippen LogP contribution in [0.5, 0.6) is 0 Å². The predicted molar refractivity (Wildman–Crippen MR) is 91.3 cm³/mol. The lowest BCUT2D eigenvalue weighted by Gasteiger charge is -2.40. The van der Waals surface area contributed by atoms with E-state index in [1.165, 1.54) is 5.56 Å². The van der Waals surface area contributed by atoms with Gasteiger partial charge in [-0.05, 0) is 31.0 Å². The summed E-state index contributed by atoms with van der Waals surface area (Å²) < 4.78 is 0. The molecule has 4 nitrogen and oxygen atoms in total. The van der Waals surface area contributed by atoms with Crippen LogP contribution in [0.4, 0.5) is 0 Å². The maximum atomic E-state index is 12.5. The van der Waals surface area contributed by atoms with Gasteiger partial charge in [-0.25, -0.2) is 0 Å². The van der Waals surface area contributed by atoms with Gasteiger partial charge in [-0.15, -0.1) is 0 Å². The van der Waals surface area contributed by atoms with Gasteiger partial charge in [0.25, 0.3) is 5.91 Å². The van der Waals surface area contributed by atoms with Crippen molar-refractivity contribution in [1.29, 1.82) is 0 Å². The Morgan fingerprint density at radius 1 is 1.13 bits per heavy atom. The fourth-order valence-electron chi connectivity index (χ4n) is 3.11. The highest BCUT2D eigenvalue weighted by Crippen LogP contribution is 2.14. The summed E-state index contributed by atoms with van der Waals surface area (Å²) in [6.07, 6.45) is 4.41. The second-order valence-corrected chi connectivity index (χ2v) is 6.11. The fraction of sp³-hybridized carbons (Fsp3) is 0.368. The average Bonchev–Trinajstić information content (AvgIpc) is 2.61. The van der Waals surface area contributed by atoms with Crippen molar-refractivity contribution in [2.24, 2.45) is 0 Å². The van der Waals surface area contributed by atoms with Crippen LogP contribution in [-0.4, -0.2) is 52.9 Å². The van der Waals surface area contributed by atoms with Gasteiger partial charge in [0.15, 0.2) is 0 Å². The molecule has 1 aliphatic heterocycles. The first kappa shape index (κ1) is 15.7. The molecule has 2 aromatic rings. The Hall–Kier alpha value is -2.20. The highest BCUT2D eigenvalue weighted by Gasteiger charge is 2.26. The number of hydrogen-bond donors (Lipinski definition) is 0. The summed E-state index contributed by atoms with van der Waals surface area (Å²) in [5.74, 6) is 0.113. The normalized spacial score (nSPS) is 18.8. The van der Waals surface area contributed by atoms with Crippen LogP contribution < -0.4 is 0 Å². The minimum absolute atomic E-state index is 0.113. The number of pyridine rings is 1. The molecule has 1 aliphatic rings. The molecule has 23 heavy (non-hydrogen) atoms. The Balaban J connectivity index is 1.54. The zero-order chi connectivity index (χ0) is 16.1. The van der Waals surface area contributed by atoms with E-state index < -0.39 is 0 Å². The highest BCUT2D eigenvalue weighted by atomic mass is 16.2. The van der Waals surface area contributed by atoms with E-state index in [-0.39, 0.29) is 5.91 Å². The third-order valence-corrected chi connectivity index (χ3v) is 4.51. The Labute approximate surface area is 137 Å². The summed E-state index contributed by atoms with van der Waals surface area (Å²) in [5, 5.41) is 0. The number of amides is 1. The molecule has 120 valence electrons. The molecule has 0 spiro atoms. The second-order valence-electron chi connectivity index (χ2n) is 6.11. The van der Waals surface area contributed by atoms with Crippen molar-refractivity contribution in [2.75, 3.05) is 26.2 Å². The minimum atomic E-state index is 0.113. The number of benzene rings is 1. The van der Waals surface area contributed by atoms with E-state index in [1.807, 2.05) is 4.90 Å². The van der Waals surface area contributed by atoms with Crippen LogP contribution >= 0.6 is 0 Å². The molecule has 4 heteroatoms. The quantitative estimate of drug-likeness (QED) is 0.870. The third-order valence-electron chi connectivity index (χ3n) is 4.51. The molecule has 1 unspecified atom stereocenters. The van der Waals surface area contributed by atoms with Crippen LogP contribution in [0.2, 0.25) is 0 Å². The van der Waals surface area contributed by atoms with Crippen LogP contribution in [-0.2, 0) is 6.42 Å². The number of nitrogens with zero attached hydrogens (tertiary/aromatic N) is 3. The van der Waals surface area contributed by atoms with Crippen molar-refractivity contribution in [1.82, 2.24) is 14.8 Å². The van der Waals surface area contributed by atoms with E-state index in [0.29, 0.717) is 6.04 Å². The number of carbonyl (C=O) groups is 1. The van der Waals surface area contributed by atoms with Gasteiger partial charge in [0.05, 0.1) is 0 Å². The summed E-state index contributed by atoms with van der Waals surface area (Å²) >= 11 is 0. The smallest absolute Gasteiger partial charge is 0.254 e. The van der Waals surface area contributed by atoms with Crippen molar-refractivity contribution < 1.29 is 4.79 Å². The molecule has 3 rings (SSSR count). The Bertz CT molecular complexity index is 630. The zero-order valence-electron chi connectivity index (χ0n) is 13.6. The van der Waals surface area contributed by atoms with Crippen LogP contribution in [0, 0.1) is 0 Å². The number of rotatable bonds is 4. The molecule has 0 aliphatic carbocycles. The van der Waals surface area contributed by atoms with Crippen molar-refractivity contribution in [3.05, 3.63) is 66.0 Å². The standard InChI is InChI=1S/C19H23N3O/c1-16-15-22(19(23)18-7-10-20-11-8-18)14-13-21(16)12-9-17-5-3-2-4-6-17/h2-8,10-11,16H,9,12-15H2,1H3. The monoisotopic (exact) mass is 309 g/mol. The van der Waals surface area contributed by atoms with E-state index in [4.69, 9.17) is 0 Å². The molecule has 2 heterocycles. The van der Waals surface area contributed by atoms with Crippen molar-refractivity contribution in [3.8, 4) is 0 Å². The summed E-state index contributed by atoms with van der Waals surface area (Å²) in [5.41, 5.74) is 2.10. The largest absolute Gasteiger partial charge is 0.336 e. The molecule has 1 fully saturated rings. The Morgan fingerprint density at radius 2 is 1.87 bits per heavy atom. The summed E-state index contributed by atoms with van der Waals surface area (Å²) in [6, 6.07) is 14.5. The highest BCUT2D eigenvalue weighted by molar-refractivity contribution is 5.94.